The lowest BCUT2D eigenvalue weighted by Gasteiger charge is -2.07. The number of nitrogens with two attached hydrogens (primary N) is 1. The Labute approximate surface area is 118 Å². The summed E-state index contributed by atoms with van der Waals surface area (Å²) in [7, 11) is 0. The Balaban J connectivity index is 1.99. The number of hydrogen-bond acceptors (Lipinski definition) is 3. The number of thiophene rings is 1. The molecule has 3 nitrogen and oxygen atoms in total. The third-order valence-electron chi connectivity index (χ3n) is 2.57. The van der Waals surface area contributed by atoms with Crippen LogP contribution >= 0.6 is 27.3 Å². The number of hydrogen-bond donors (Lipinski definition) is 2. The van der Waals surface area contributed by atoms with Crippen LogP contribution in [0.25, 0.3) is 0 Å². The van der Waals surface area contributed by atoms with E-state index in [1.807, 2.05) is 29.6 Å². The normalized spacial score (nSPS) is 10.5. The molecule has 18 heavy (non-hydrogen) atoms. The first kappa shape index (κ1) is 13.3. The lowest BCUT2D eigenvalue weighted by molar-refractivity contribution is 0.0999. The van der Waals surface area contributed by atoms with Crippen molar-refractivity contribution in [1.29, 1.82) is 0 Å². The Morgan fingerprint density at radius 1 is 1.28 bits per heavy atom. The highest BCUT2D eigenvalue weighted by Crippen LogP contribution is 2.22. The van der Waals surface area contributed by atoms with Gasteiger partial charge >= 0.3 is 0 Å². The zero-order chi connectivity index (χ0) is 13.0. The van der Waals surface area contributed by atoms with Crippen LogP contribution in [-0.4, -0.2) is 5.91 Å². The monoisotopic (exact) mass is 324 g/mol. The topological polar surface area (TPSA) is 55.1 Å². The van der Waals surface area contributed by atoms with Crippen LogP contribution in [0.15, 0.2) is 40.2 Å². The van der Waals surface area contributed by atoms with Crippen molar-refractivity contribution in [2.24, 2.45) is 5.73 Å². The summed E-state index contributed by atoms with van der Waals surface area (Å²) in [5.74, 6) is -0.385. The Hall–Kier alpha value is -1.17. The fourth-order valence-corrected chi connectivity index (χ4v) is 3.14. The molecule has 94 valence electrons. The second kappa shape index (κ2) is 6.13. The van der Waals surface area contributed by atoms with Gasteiger partial charge in [-0.1, -0.05) is 18.2 Å². The summed E-state index contributed by atoms with van der Waals surface area (Å²) in [6.45, 7) is 1.40. The fraction of sp³-hybridized carbons (Fsp3) is 0.154. The molecule has 0 saturated heterocycles. The van der Waals surface area contributed by atoms with Gasteiger partial charge in [0, 0.05) is 28.0 Å². The first-order chi connectivity index (χ1) is 8.68. The van der Waals surface area contributed by atoms with Crippen LogP contribution < -0.4 is 11.1 Å². The molecule has 0 fully saturated rings. The van der Waals surface area contributed by atoms with Crippen LogP contribution in [0.4, 0.5) is 0 Å². The number of carbonyl (C=O) groups excluding carboxylic acids is 1. The van der Waals surface area contributed by atoms with Gasteiger partial charge in [-0.3, -0.25) is 4.79 Å². The molecule has 0 aliphatic carbocycles. The highest BCUT2D eigenvalue weighted by atomic mass is 79.9. The van der Waals surface area contributed by atoms with Crippen molar-refractivity contribution >= 4 is 33.2 Å². The first-order valence-corrected chi connectivity index (χ1v) is 7.16. The van der Waals surface area contributed by atoms with Gasteiger partial charge in [0.25, 0.3) is 0 Å². The van der Waals surface area contributed by atoms with Crippen LogP contribution in [0.3, 0.4) is 0 Å². The summed E-state index contributed by atoms with van der Waals surface area (Å²) < 4.78 is 1.11. The summed E-state index contributed by atoms with van der Waals surface area (Å²) in [4.78, 5) is 12.5. The molecule has 1 aromatic heterocycles. The fourth-order valence-electron chi connectivity index (χ4n) is 1.68. The Kier molecular flexibility index (Phi) is 4.52. The predicted molar refractivity (Wildman–Crippen MR) is 77.5 cm³/mol. The Morgan fingerprint density at radius 2 is 2.06 bits per heavy atom. The van der Waals surface area contributed by atoms with Crippen molar-refractivity contribution in [3.05, 3.63) is 56.2 Å². The number of nitrogens with one attached hydrogen (secondary N) is 1. The predicted octanol–water partition coefficient (Wildman–Crippen LogP) is 2.90. The van der Waals surface area contributed by atoms with Crippen molar-refractivity contribution in [3.8, 4) is 0 Å². The molecule has 2 aromatic rings. The average Bonchev–Trinajstić information content (AvgIpc) is 2.76. The number of primary amides is 1. The van der Waals surface area contributed by atoms with E-state index in [4.69, 9.17) is 5.73 Å². The van der Waals surface area contributed by atoms with Gasteiger partial charge < -0.3 is 11.1 Å². The van der Waals surface area contributed by atoms with Gasteiger partial charge in [0.1, 0.15) is 0 Å². The van der Waals surface area contributed by atoms with Crippen molar-refractivity contribution in [1.82, 2.24) is 5.32 Å². The number of amides is 1. The Bertz CT molecular complexity index is 553. The summed E-state index contributed by atoms with van der Waals surface area (Å²) >= 11 is 5.18. The molecule has 1 heterocycles. The zero-order valence-electron chi connectivity index (χ0n) is 9.65. The van der Waals surface area contributed by atoms with Crippen LogP contribution in [0.1, 0.15) is 20.8 Å². The van der Waals surface area contributed by atoms with Crippen LogP contribution in [0.2, 0.25) is 0 Å². The van der Waals surface area contributed by atoms with Crippen molar-refractivity contribution in [3.63, 3.8) is 0 Å². The molecule has 0 saturated carbocycles. The van der Waals surface area contributed by atoms with E-state index in [1.165, 1.54) is 4.88 Å². The van der Waals surface area contributed by atoms with Crippen LogP contribution in [0, 0.1) is 0 Å². The van der Waals surface area contributed by atoms with Crippen LogP contribution in [-0.2, 0) is 13.1 Å². The minimum atomic E-state index is -0.385. The molecule has 2 rings (SSSR count). The Morgan fingerprint density at radius 3 is 2.72 bits per heavy atom. The van der Waals surface area contributed by atoms with E-state index in [0.717, 1.165) is 16.6 Å². The highest BCUT2D eigenvalue weighted by Gasteiger charge is 2.07. The molecule has 0 atom stereocenters. The zero-order valence-corrected chi connectivity index (χ0v) is 12.1. The van der Waals surface area contributed by atoms with E-state index in [1.54, 1.807) is 17.4 Å². The summed E-state index contributed by atoms with van der Waals surface area (Å²) in [5, 5.41) is 5.35. The number of benzene rings is 1. The largest absolute Gasteiger partial charge is 0.366 e. The smallest absolute Gasteiger partial charge is 0.249 e. The molecule has 0 aliphatic heterocycles. The maximum absolute atomic E-state index is 11.3. The summed E-state index contributed by atoms with van der Waals surface area (Å²) in [5.41, 5.74) is 6.84. The molecule has 5 heteroatoms. The quantitative estimate of drug-likeness (QED) is 0.888. The second-order valence-electron chi connectivity index (χ2n) is 3.82. The van der Waals surface area contributed by atoms with Crippen LogP contribution in [0.5, 0.6) is 0 Å². The SMILES string of the molecule is NC(=O)c1ccccc1CNCc1sccc1Br. The van der Waals surface area contributed by atoms with Crippen molar-refractivity contribution in [2.45, 2.75) is 13.1 Å². The van der Waals surface area contributed by atoms with E-state index >= 15 is 0 Å². The molecule has 0 radical (unpaired) electrons. The van der Waals surface area contributed by atoms with Gasteiger partial charge in [0.05, 0.1) is 0 Å². The molecular weight excluding hydrogens is 312 g/mol. The summed E-state index contributed by atoms with van der Waals surface area (Å²) in [6, 6.07) is 9.42. The third kappa shape index (κ3) is 3.19. The maximum Gasteiger partial charge on any atom is 0.249 e. The van der Waals surface area contributed by atoms with Crippen molar-refractivity contribution in [2.75, 3.05) is 0 Å². The number of carbonyl (C=O) groups is 1. The first-order valence-electron chi connectivity index (χ1n) is 5.49. The van der Waals surface area contributed by atoms with E-state index in [0.29, 0.717) is 12.1 Å². The highest BCUT2D eigenvalue weighted by molar-refractivity contribution is 9.10. The molecule has 3 N–H and O–H groups in total. The van der Waals surface area contributed by atoms with E-state index in [2.05, 4.69) is 21.2 Å². The molecule has 0 spiro atoms. The second-order valence-corrected chi connectivity index (χ2v) is 5.67. The van der Waals surface area contributed by atoms with Gasteiger partial charge in [-0.05, 0) is 39.0 Å². The molecule has 0 bridgehead atoms. The van der Waals surface area contributed by atoms with Gasteiger partial charge in [-0.15, -0.1) is 11.3 Å². The maximum atomic E-state index is 11.3. The molecule has 0 aliphatic rings. The van der Waals surface area contributed by atoms with Gasteiger partial charge in [-0.25, -0.2) is 0 Å². The standard InChI is InChI=1S/C13H13BrN2OS/c14-11-5-6-18-12(11)8-16-7-9-3-1-2-4-10(9)13(15)17/h1-6,16H,7-8H2,(H2,15,17). The molecule has 0 unspecified atom stereocenters. The number of halogens is 1. The molecular formula is C13H13BrN2OS. The minimum Gasteiger partial charge on any atom is -0.366 e. The van der Waals surface area contributed by atoms with Gasteiger partial charge in [0.2, 0.25) is 5.91 Å². The summed E-state index contributed by atoms with van der Waals surface area (Å²) in [6.07, 6.45) is 0. The minimum absolute atomic E-state index is 0.385. The van der Waals surface area contributed by atoms with E-state index in [-0.39, 0.29) is 5.91 Å². The lowest BCUT2D eigenvalue weighted by atomic mass is 10.1. The van der Waals surface area contributed by atoms with E-state index < -0.39 is 0 Å². The number of rotatable bonds is 5. The van der Waals surface area contributed by atoms with Gasteiger partial charge in [-0.2, -0.15) is 0 Å². The third-order valence-corrected chi connectivity index (χ3v) is 4.50. The lowest BCUT2D eigenvalue weighted by Crippen LogP contribution is -2.18. The average molecular weight is 325 g/mol. The molecule has 1 amide bonds. The van der Waals surface area contributed by atoms with Crippen molar-refractivity contribution < 1.29 is 4.79 Å². The van der Waals surface area contributed by atoms with Gasteiger partial charge in [0.15, 0.2) is 0 Å². The molecule has 1 aromatic carbocycles. The van der Waals surface area contributed by atoms with E-state index in [9.17, 15) is 4.79 Å².